The summed E-state index contributed by atoms with van der Waals surface area (Å²) in [6.07, 6.45) is 4.51. The van der Waals surface area contributed by atoms with E-state index in [1.165, 1.54) is 23.3 Å². The largest absolute Gasteiger partial charge is 0.487 e. The molecular weight excluding hydrogens is 440 g/mol. The topological polar surface area (TPSA) is 67.8 Å². The molecule has 7 heteroatoms. The molecular formula is C27H33F2NO4. The van der Waals surface area contributed by atoms with Gasteiger partial charge in [-0.05, 0) is 75.3 Å². The van der Waals surface area contributed by atoms with Crippen molar-refractivity contribution in [1.82, 2.24) is 5.32 Å². The van der Waals surface area contributed by atoms with Crippen LogP contribution in [0.4, 0.5) is 8.78 Å². The number of hydrogen-bond donors (Lipinski definition) is 2. The number of aliphatic hydroxyl groups is 1. The minimum absolute atomic E-state index is 0.174. The minimum atomic E-state index is -1.17. The maximum Gasteiger partial charge on any atom is 0.330 e. The lowest BCUT2D eigenvalue weighted by Gasteiger charge is -2.30. The zero-order valence-corrected chi connectivity index (χ0v) is 19.9. The highest BCUT2D eigenvalue weighted by Crippen LogP contribution is 2.32. The zero-order valence-electron chi connectivity index (χ0n) is 19.9. The number of β-amino-alcohol motifs (C(OH)–C–C–N with tert-alkyl or cyclic N) is 1. The molecule has 0 aliphatic heterocycles. The maximum atomic E-state index is 14.4. The van der Waals surface area contributed by atoms with E-state index < -0.39 is 23.7 Å². The van der Waals surface area contributed by atoms with Gasteiger partial charge in [-0.25, -0.2) is 9.18 Å². The summed E-state index contributed by atoms with van der Waals surface area (Å²) in [4.78, 5) is 11.5. The molecule has 0 unspecified atom stereocenters. The van der Waals surface area contributed by atoms with Crippen molar-refractivity contribution in [3.05, 3.63) is 70.8 Å². The van der Waals surface area contributed by atoms with Gasteiger partial charge >= 0.3 is 5.97 Å². The average molecular weight is 474 g/mol. The first kappa shape index (κ1) is 25.8. The Morgan fingerprint density at radius 2 is 1.88 bits per heavy atom. The van der Waals surface area contributed by atoms with Gasteiger partial charge in [-0.2, -0.15) is 4.39 Å². The van der Waals surface area contributed by atoms with Crippen LogP contribution in [0.25, 0.3) is 6.08 Å². The molecule has 0 amide bonds. The molecule has 0 bridgehead atoms. The van der Waals surface area contributed by atoms with E-state index in [-0.39, 0.29) is 36.6 Å². The Kier molecular flexibility index (Phi) is 8.80. The number of nitrogens with one attached hydrogen (secondary N) is 1. The fourth-order valence-electron chi connectivity index (χ4n) is 4.39. The Labute approximate surface area is 199 Å². The van der Waals surface area contributed by atoms with Crippen LogP contribution in [0.15, 0.2) is 42.5 Å². The van der Waals surface area contributed by atoms with Gasteiger partial charge in [0, 0.05) is 23.7 Å². The molecule has 0 fully saturated rings. The smallest absolute Gasteiger partial charge is 0.330 e. The van der Waals surface area contributed by atoms with Crippen molar-refractivity contribution in [3.8, 4) is 5.75 Å². The van der Waals surface area contributed by atoms with E-state index in [0.717, 1.165) is 31.4 Å². The molecule has 1 atom stereocenters. The first-order chi connectivity index (χ1) is 16.2. The SMILES string of the molecule is CCOC(=O)/C=C/c1ccc(F)c(F)c1OC[C@@H](O)CNC(C)(C)CC1Cc2ccccc2C1. The standard InChI is InChI=1S/C27H33F2NO4/c1-4-33-24(32)12-10-19-9-11-23(28)25(29)26(19)34-17-22(31)16-30-27(2,3)15-18-13-20-7-5-6-8-21(20)14-18/h5-12,18,22,30-31H,4,13-17H2,1-3H3/b12-10+/t22-/m0/s1. The van der Waals surface area contributed by atoms with Crippen molar-refractivity contribution >= 4 is 12.0 Å². The lowest BCUT2D eigenvalue weighted by molar-refractivity contribution is -0.137. The predicted octanol–water partition coefficient (Wildman–Crippen LogP) is 4.45. The Hall–Kier alpha value is -2.77. The van der Waals surface area contributed by atoms with Gasteiger partial charge in [0.05, 0.1) is 6.61 Å². The van der Waals surface area contributed by atoms with E-state index in [1.54, 1.807) is 6.92 Å². The van der Waals surface area contributed by atoms with Gasteiger partial charge in [0.1, 0.15) is 12.7 Å². The third kappa shape index (κ3) is 7.11. The number of hydrogen-bond acceptors (Lipinski definition) is 5. The Morgan fingerprint density at radius 3 is 2.53 bits per heavy atom. The van der Waals surface area contributed by atoms with Gasteiger partial charge < -0.3 is 19.9 Å². The Balaban J connectivity index is 1.53. The van der Waals surface area contributed by atoms with Crippen LogP contribution in [-0.4, -0.2) is 42.5 Å². The summed E-state index contributed by atoms with van der Waals surface area (Å²) in [5.74, 6) is -2.68. The van der Waals surface area contributed by atoms with Crippen LogP contribution in [0.5, 0.6) is 5.75 Å². The normalized spacial score (nSPS) is 14.9. The van der Waals surface area contributed by atoms with Crippen LogP contribution in [0.3, 0.4) is 0 Å². The van der Waals surface area contributed by atoms with E-state index in [0.29, 0.717) is 5.92 Å². The maximum absolute atomic E-state index is 14.4. The summed E-state index contributed by atoms with van der Waals surface area (Å²) in [5, 5.41) is 13.8. The number of esters is 1. The van der Waals surface area contributed by atoms with E-state index in [2.05, 4.69) is 43.4 Å². The Morgan fingerprint density at radius 1 is 1.21 bits per heavy atom. The summed E-state index contributed by atoms with van der Waals surface area (Å²) in [5.41, 5.74) is 2.77. The molecule has 1 aliphatic carbocycles. The number of aliphatic hydroxyl groups excluding tert-OH is 1. The van der Waals surface area contributed by atoms with Crippen molar-refractivity contribution in [3.63, 3.8) is 0 Å². The lowest BCUT2D eigenvalue weighted by Crippen LogP contribution is -2.46. The number of carbonyl (C=O) groups is 1. The minimum Gasteiger partial charge on any atom is -0.487 e. The molecule has 2 N–H and O–H groups in total. The molecule has 34 heavy (non-hydrogen) atoms. The molecule has 5 nitrogen and oxygen atoms in total. The number of halogens is 2. The first-order valence-corrected chi connectivity index (χ1v) is 11.6. The highest BCUT2D eigenvalue weighted by atomic mass is 19.2. The molecule has 2 aromatic carbocycles. The van der Waals surface area contributed by atoms with Crippen molar-refractivity contribution in [1.29, 1.82) is 0 Å². The number of rotatable bonds is 11. The lowest BCUT2D eigenvalue weighted by atomic mass is 9.88. The number of ether oxygens (including phenoxy) is 2. The van der Waals surface area contributed by atoms with Crippen LogP contribution < -0.4 is 10.1 Å². The van der Waals surface area contributed by atoms with E-state index in [4.69, 9.17) is 9.47 Å². The summed E-state index contributed by atoms with van der Waals surface area (Å²) < 4.78 is 38.3. The van der Waals surface area contributed by atoms with Gasteiger partial charge in [0.2, 0.25) is 5.82 Å². The number of benzene rings is 2. The van der Waals surface area contributed by atoms with Crippen LogP contribution >= 0.6 is 0 Å². The van der Waals surface area contributed by atoms with E-state index in [9.17, 15) is 18.7 Å². The van der Waals surface area contributed by atoms with Crippen LogP contribution in [0.1, 0.15) is 43.9 Å². The van der Waals surface area contributed by atoms with E-state index in [1.807, 2.05) is 0 Å². The highest BCUT2D eigenvalue weighted by Gasteiger charge is 2.28. The predicted molar refractivity (Wildman–Crippen MR) is 128 cm³/mol. The summed E-state index contributed by atoms with van der Waals surface area (Å²) in [7, 11) is 0. The third-order valence-electron chi connectivity index (χ3n) is 5.94. The highest BCUT2D eigenvalue weighted by molar-refractivity contribution is 5.87. The molecule has 1 aliphatic rings. The van der Waals surface area contributed by atoms with Crippen molar-refractivity contribution in [2.75, 3.05) is 19.8 Å². The average Bonchev–Trinajstić information content (AvgIpc) is 3.19. The zero-order chi connectivity index (χ0) is 24.7. The van der Waals surface area contributed by atoms with Crippen LogP contribution in [0.2, 0.25) is 0 Å². The second-order valence-electron chi connectivity index (χ2n) is 9.34. The number of fused-ring (bicyclic) bond motifs is 1. The van der Waals surface area contributed by atoms with Gasteiger partial charge in [0.15, 0.2) is 11.6 Å². The van der Waals surface area contributed by atoms with Crippen molar-refractivity contribution in [2.24, 2.45) is 5.92 Å². The van der Waals surface area contributed by atoms with Gasteiger partial charge in [-0.15, -0.1) is 0 Å². The molecule has 0 saturated carbocycles. The molecule has 0 spiro atoms. The molecule has 0 radical (unpaired) electrons. The molecule has 0 heterocycles. The monoisotopic (exact) mass is 473 g/mol. The Bertz CT molecular complexity index is 997. The third-order valence-corrected chi connectivity index (χ3v) is 5.94. The quantitative estimate of drug-likeness (QED) is 0.373. The molecule has 3 rings (SSSR count). The van der Waals surface area contributed by atoms with Gasteiger partial charge in [-0.1, -0.05) is 24.3 Å². The fourth-order valence-corrected chi connectivity index (χ4v) is 4.39. The molecule has 0 aromatic heterocycles. The van der Waals surface area contributed by atoms with Gasteiger partial charge in [0.25, 0.3) is 0 Å². The second-order valence-corrected chi connectivity index (χ2v) is 9.34. The van der Waals surface area contributed by atoms with Crippen LogP contribution in [0, 0.1) is 17.6 Å². The van der Waals surface area contributed by atoms with Crippen molar-refractivity contribution < 1.29 is 28.2 Å². The summed E-state index contributed by atoms with van der Waals surface area (Å²) in [6, 6.07) is 10.8. The van der Waals surface area contributed by atoms with Crippen LogP contribution in [-0.2, 0) is 22.4 Å². The summed E-state index contributed by atoms with van der Waals surface area (Å²) in [6.45, 7) is 6.05. The molecule has 2 aromatic rings. The molecule has 0 saturated heterocycles. The molecule has 184 valence electrons. The fraction of sp³-hybridized carbons (Fsp3) is 0.444. The van der Waals surface area contributed by atoms with Crippen molar-refractivity contribution in [2.45, 2.75) is 51.7 Å². The summed E-state index contributed by atoms with van der Waals surface area (Å²) >= 11 is 0. The van der Waals surface area contributed by atoms with E-state index >= 15 is 0 Å². The first-order valence-electron chi connectivity index (χ1n) is 11.6. The second kappa shape index (κ2) is 11.6. The van der Waals surface area contributed by atoms with Gasteiger partial charge in [-0.3, -0.25) is 0 Å². The number of carbonyl (C=O) groups excluding carboxylic acids is 1.